The Morgan fingerprint density at radius 1 is 1.24 bits per heavy atom. The first-order chi connectivity index (χ1) is 11.8. The fourth-order valence-electron chi connectivity index (χ4n) is 2.81. The number of carbonyl (C=O) groups excluding carboxylic acids is 3. The van der Waals surface area contributed by atoms with Crippen LogP contribution in [0.15, 0.2) is 24.3 Å². The van der Waals surface area contributed by atoms with Gasteiger partial charge in [-0.15, -0.1) is 0 Å². The summed E-state index contributed by atoms with van der Waals surface area (Å²) in [5, 5.41) is 12.2. The lowest BCUT2D eigenvalue weighted by Gasteiger charge is -2.41. The van der Waals surface area contributed by atoms with Gasteiger partial charge in [0.05, 0.1) is 25.2 Å². The Hall–Kier alpha value is -2.41. The van der Waals surface area contributed by atoms with Gasteiger partial charge in [-0.25, -0.2) is 0 Å². The zero-order valence-corrected chi connectivity index (χ0v) is 14.5. The number of methoxy groups -OCH3 is 1. The van der Waals surface area contributed by atoms with Crippen molar-refractivity contribution >= 4 is 17.7 Å². The Morgan fingerprint density at radius 2 is 1.88 bits per heavy atom. The van der Waals surface area contributed by atoms with Crippen LogP contribution in [0.25, 0.3) is 0 Å². The van der Waals surface area contributed by atoms with E-state index in [1.54, 1.807) is 38.3 Å². The van der Waals surface area contributed by atoms with Crippen LogP contribution >= 0.6 is 0 Å². The van der Waals surface area contributed by atoms with Crippen LogP contribution < -0.4 is 10.1 Å². The summed E-state index contributed by atoms with van der Waals surface area (Å²) in [4.78, 5) is 35.5. The molecule has 1 fully saturated rings. The van der Waals surface area contributed by atoms with Gasteiger partial charge in [0.1, 0.15) is 24.6 Å². The lowest BCUT2D eigenvalue weighted by atomic mass is 9.77. The van der Waals surface area contributed by atoms with Crippen molar-refractivity contribution in [2.45, 2.75) is 39.0 Å². The van der Waals surface area contributed by atoms with Crippen molar-refractivity contribution in [1.82, 2.24) is 5.32 Å². The third-order valence-electron chi connectivity index (χ3n) is 4.44. The number of amides is 1. The monoisotopic (exact) mass is 349 g/mol. The van der Waals surface area contributed by atoms with E-state index in [0.717, 1.165) is 5.56 Å². The predicted octanol–water partition coefficient (Wildman–Crippen LogP) is 0.829. The quantitative estimate of drug-likeness (QED) is 0.409. The van der Waals surface area contributed by atoms with Gasteiger partial charge < -0.3 is 19.9 Å². The summed E-state index contributed by atoms with van der Waals surface area (Å²) in [6, 6.07) is 6.61. The molecular formula is C18H23NO6. The number of benzene rings is 1. The molecule has 136 valence electrons. The van der Waals surface area contributed by atoms with Gasteiger partial charge in [-0.05, 0) is 24.6 Å². The molecule has 1 aromatic carbocycles. The molecular weight excluding hydrogens is 326 g/mol. The summed E-state index contributed by atoms with van der Waals surface area (Å²) >= 11 is 0. The van der Waals surface area contributed by atoms with Gasteiger partial charge >= 0.3 is 5.97 Å². The molecule has 0 saturated carbocycles. The lowest BCUT2D eigenvalue weighted by molar-refractivity contribution is -0.149. The molecule has 0 unspecified atom stereocenters. The number of rotatable bonds is 8. The second-order valence-corrected chi connectivity index (χ2v) is 6.24. The predicted molar refractivity (Wildman–Crippen MR) is 88.7 cm³/mol. The summed E-state index contributed by atoms with van der Waals surface area (Å²) < 4.78 is 10.2. The molecule has 1 aromatic rings. The highest BCUT2D eigenvalue weighted by Crippen LogP contribution is 2.26. The summed E-state index contributed by atoms with van der Waals surface area (Å²) in [6.07, 6.45) is -1.20. The second kappa shape index (κ2) is 8.11. The first kappa shape index (κ1) is 18.9. The van der Waals surface area contributed by atoms with Crippen molar-refractivity contribution in [3.63, 3.8) is 0 Å². The maximum absolute atomic E-state index is 12.2. The average Bonchev–Trinajstić information content (AvgIpc) is 2.56. The van der Waals surface area contributed by atoms with Crippen LogP contribution in [0, 0.1) is 11.8 Å². The van der Waals surface area contributed by atoms with Crippen molar-refractivity contribution in [1.29, 1.82) is 0 Å². The normalized spacial score (nSPS) is 21.5. The maximum Gasteiger partial charge on any atom is 0.313 e. The van der Waals surface area contributed by atoms with Crippen molar-refractivity contribution in [3.8, 4) is 5.75 Å². The Balaban J connectivity index is 1.81. The first-order valence-corrected chi connectivity index (χ1v) is 8.13. The number of ether oxygens (including phenoxy) is 2. The molecule has 2 rings (SSSR count). The molecule has 25 heavy (non-hydrogen) atoms. The minimum Gasteiger partial charge on any atom is -0.497 e. The molecule has 0 radical (unpaired) electrons. The van der Waals surface area contributed by atoms with Crippen molar-refractivity contribution in [2.75, 3.05) is 7.11 Å². The van der Waals surface area contributed by atoms with E-state index < -0.39 is 30.0 Å². The first-order valence-electron chi connectivity index (χ1n) is 8.13. The summed E-state index contributed by atoms with van der Waals surface area (Å²) in [5.74, 6) is -1.70. The summed E-state index contributed by atoms with van der Waals surface area (Å²) in [6.45, 7) is 3.22. The Morgan fingerprint density at radius 3 is 2.40 bits per heavy atom. The van der Waals surface area contributed by atoms with Crippen LogP contribution in [0.2, 0.25) is 0 Å². The average molecular weight is 349 g/mol. The number of Topliss-reactive ketones (excluding diaryl/α,β-unsaturated/α-hetero) is 1. The van der Waals surface area contributed by atoms with Crippen molar-refractivity contribution in [3.05, 3.63) is 29.8 Å². The number of aliphatic hydroxyl groups excluding tert-OH is 1. The van der Waals surface area contributed by atoms with Gasteiger partial charge in [-0.3, -0.25) is 14.4 Å². The fourth-order valence-corrected chi connectivity index (χ4v) is 2.81. The van der Waals surface area contributed by atoms with Gasteiger partial charge in [-0.2, -0.15) is 0 Å². The maximum atomic E-state index is 12.2. The molecule has 0 bridgehead atoms. The number of hydrogen-bond acceptors (Lipinski definition) is 6. The van der Waals surface area contributed by atoms with E-state index in [9.17, 15) is 19.5 Å². The molecule has 1 amide bonds. The standard InChI is InChI=1S/C18H23NO6/c1-10(17-16(11(2)20)18(23)19-17)14(21)8-15(22)25-9-12-4-6-13(24-3)7-5-12/h4-7,10-11,16-17,20H,8-9H2,1-3H3,(H,19,23)/t10-,11+,16+,17+/m0/s1. The minimum atomic E-state index is -0.837. The molecule has 7 nitrogen and oxygen atoms in total. The van der Waals surface area contributed by atoms with Crippen LogP contribution in [-0.2, 0) is 25.7 Å². The van der Waals surface area contributed by atoms with Crippen molar-refractivity contribution in [2.24, 2.45) is 11.8 Å². The number of ketones is 1. The van der Waals surface area contributed by atoms with Crippen LogP contribution in [-0.4, -0.2) is 42.0 Å². The van der Waals surface area contributed by atoms with E-state index in [2.05, 4.69) is 5.32 Å². The van der Waals surface area contributed by atoms with Gasteiger partial charge in [0.2, 0.25) is 5.91 Å². The zero-order valence-electron chi connectivity index (χ0n) is 14.5. The highest BCUT2D eigenvalue weighted by atomic mass is 16.5. The third kappa shape index (κ3) is 4.57. The largest absolute Gasteiger partial charge is 0.497 e. The highest BCUT2D eigenvalue weighted by Gasteiger charge is 2.47. The van der Waals surface area contributed by atoms with E-state index >= 15 is 0 Å². The number of nitrogens with one attached hydrogen (secondary N) is 1. The number of hydrogen-bond donors (Lipinski definition) is 2. The number of aliphatic hydroxyl groups is 1. The molecule has 7 heteroatoms. The van der Waals surface area contributed by atoms with Crippen LogP contribution in [0.5, 0.6) is 5.75 Å². The van der Waals surface area contributed by atoms with Crippen LogP contribution in [0.4, 0.5) is 0 Å². The Kier molecular flexibility index (Phi) is 6.14. The van der Waals surface area contributed by atoms with E-state index in [0.29, 0.717) is 5.75 Å². The third-order valence-corrected chi connectivity index (χ3v) is 4.44. The molecule has 1 aliphatic rings. The molecule has 1 heterocycles. The number of carbonyl (C=O) groups is 3. The smallest absolute Gasteiger partial charge is 0.313 e. The van der Waals surface area contributed by atoms with Crippen LogP contribution in [0.1, 0.15) is 25.8 Å². The molecule has 2 N–H and O–H groups in total. The minimum absolute atomic E-state index is 0.0704. The molecule has 0 aliphatic carbocycles. The van der Waals surface area contributed by atoms with E-state index in [1.807, 2.05) is 0 Å². The van der Waals surface area contributed by atoms with E-state index in [1.165, 1.54) is 6.92 Å². The van der Waals surface area contributed by atoms with E-state index in [4.69, 9.17) is 9.47 Å². The molecule has 1 aliphatic heterocycles. The second-order valence-electron chi connectivity index (χ2n) is 6.24. The highest BCUT2D eigenvalue weighted by molar-refractivity contribution is 5.98. The molecule has 0 spiro atoms. The van der Waals surface area contributed by atoms with Gasteiger partial charge in [0, 0.05) is 5.92 Å². The van der Waals surface area contributed by atoms with Gasteiger partial charge in [0.25, 0.3) is 0 Å². The van der Waals surface area contributed by atoms with Gasteiger partial charge in [0.15, 0.2) is 0 Å². The zero-order chi connectivity index (χ0) is 18.6. The number of esters is 1. The Bertz CT molecular complexity index is 639. The van der Waals surface area contributed by atoms with Gasteiger partial charge in [-0.1, -0.05) is 19.1 Å². The summed E-state index contributed by atoms with van der Waals surface area (Å²) in [7, 11) is 1.56. The topological polar surface area (TPSA) is 102 Å². The van der Waals surface area contributed by atoms with Crippen LogP contribution in [0.3, 0.4) is 0 Å². The van der Waals surface area contributed by atoms with Crippen molar-refractivity contribution < 1.29 is 29.0 Å². The lowest BCUT2D eigenvalue weighted by Crippen LogP contribution is -2.65. The SMILES string of the molecule is COc1ccc(COC(=O)CC(=O)[C@H](C)[C@H]2NC(=O)[C@@H]2[C@@H](C)O)cc1. The van der Waals surface area contributed by atoms with E-state index in [-0.39, 0.29) is 24.7 Å². The fraction of sp³-hybridized carbons (Fsp3) is 0.500. The molecule has 0 aromatic heterocycles. The molecule has 4 atom stereocenters. The summed E-state index contributed by atoms with van der Waals surface area (Å²) in [5.41, 5.74) is 0.787. The molecule has 1 saturated heterocycles. The Labute approximate surface area is 146 Å². The number of β-lactam (4-membered cyclic amide) rings is 1.